The summed E-state index contributed by atoms with van der Waals surface area (Å²) in [5.41, 5.74) is 0.488. The number of hydrogen-bond donors (Lipinski definition) is 1. The quantitative estimate of drug-likeness (QED) is 0.920. The fourth-order valence-electron chi connectivity index (χ4n) is 2.81. The van der Waals surface area contributed by atoms with E-state index in [9.17, 15) is 12.8 Å². The Kier molecular flexibility index (Phi) is 4.06. The van der Waals surface area contributed by atoms with E-state index in [2.05, 4.69) is 5.32 Å². The van der Waals surface area contributed by atoms with Gasteiger partial charge in [-0.2, -0.15) is 5.26 Å². The normalized spacial score (nSPS) is 20.5. The summed E-state index contributed by atoms with van der Waals surface area (Å²) in [7, 11) is -3.11. The molecule has 1 saturated carbocycles. The number of piperidine rings is 1. The van der Waals surface area contributed by atoms with Gasteiger partial charge in [-0.15, -0.1) is 0 Å². The predicted molar refractivity (Wildman–Crippen MR) is 81.3 cm³/mol. The van der Waals surface area contributed by atoms with Gasteiger partial charge in [0.15, 0.2) is 0 Å². The third-order valence-corrected chi connectivity index (χ3v) is 6.64. The van der Waals surface area contributed by atoms with Crippen molar-refractivity contribution in [3.63, 3.8) is 0 Å². The molecule has 1 heterocycles. The van der Waals surface area contributed by atoms with Crippen LogP contribution in [0, 0.1) is 17.1 Å². The average Bonchev–Trinajstić information content (AvgIpc) is 3.33. The van der Waals surface area contributed by atoms with Crippen LogP contribution in [0.1, 0.15) is 31.2 Å². The molecule has 1 aliphatic carbocycles. The van der Waals surface area contributed by atoms with E-state index < -0.39 is 15.8 Å². The molecule has 0 aromatic heterocycles. The number of sulfonamides is 1. The summed E-state index contributed by atoms with van der Waals surface area (Å²) >= 11 is 0. The van der Waals surface area contributed by atoms with Crippen LogP contribution >= 0.6 is 0 Å². The van der Waals surface area contributed by atoms with E-state index in [1.165, 1.54) is 6.07 Å². The Bertz CT molecular complexity index is 702. The maximum Gasteiger partial charge on any atom is 0.216 e. The molecule has 2 aliphatic rings. The zero-order valence-electron chi connectivity index (χ0n) is 12.1. The van der Waals surface area contributed by atoms with E-state index in [1.54, 1.807) is 16.4 Å². The van der Waals surface area contributed by atoms with Gasteiger partial charge in [0.05, 0.1) is 10.9 Å². The van der Waals surface area contributed by atoms with Gasteiger partial charge in [-0.1, -0.05) is 6.07 Å². The minimum atomic E-state index is -3.11. The maximum absolute atomic E-state index is 13.6. The van der Waals surface area contributed by atoms with Crippen LogP contribution in [0.3, 0.4) is 0 Å². The molecule has 0 bridgehead atoms. The topological polar surface area (TPSA) is 73.2 Å². The number of nitriles is 1. The number of nitrogens with zero attached hydrogens (tertiary/aromatic N) is 2. The van der Waals surface area contributed by atoms with Crippen molar-refractivity contribution in [2.45, 2.75) is 37.0 Å². The summed E-state index contributed by atoms with van der Waals surface area (Å²) in [6.07, 6.45) is 2.87. The number of halogens is 1. The molecular weight excluding hydrogens is 305 g/mol. The Morgan fingerprint density at radius 3 is 2.50 bits per heavy atom. The van der Waals surface area contributed by atoms with Crippen LogP contribution in [0.2, 0.25) is 0 Å². The molecule has 7 heteroatoms. The molecule has 5 nitrogen and oxygen atoms in total. The SMILES string of the molecule is N#Cc1c(F)cccc1NC1CCN(S(=O)(=O)C2CC2)CC1. The standard InChI is InChI=1S/C15H18FN3O2S/c16-14-2-1-3-15(13(14)10-17)18-11-6-8-19(9-7-11)22(20,21)12-4-5-12/h1-3,11-12,18H,4-9H2. The van der Waals surface area contributed by atoms with Crippen molar-refractivity contribution in [3.05, 3.63) is 29.6 Å². The summed E-state index contributed by atoms with van der Waals surface area (Å²) in [6, 6.07) is 6.42. The molecule has 118 valence electrons. The van der Waals surface area contributed by atoms with Crippen LogP contribution in [0.5, 0.6) is 0 Å². The van der Waals surface area contributed by atoms with E-state index in [-0.39, 0.29) is 16.9 Å². The summed E-state index contributed by atoms with van der Waals surface area (Å²) in [6.45, 7) is 0.960. The van der Waals surface area contributed by atoms with Crippen LogP contribution < -0.4 is 5.32 Å². The first-order chi connectivity index (χ1) is 10.5. The van der Waals surface area contributed by atoms with Crippen molar-refractivity contribution in [2.75, 3.05) is 18.4 Å². The van der Waals surface area contributed by atoms with Gasteiger partial charge in [-0.05, 0) is 37.8 Å². The predicted octanol–water partition coefficient (Wildman–Crippen LogP) is 2.07. The van der Waals surface area contributed by atoms with Crippen molar-refractivity contribution in [1.82, 2.24) is 4.31 Å². The van der Waals surface area contributed by atoms with Gasteiger partial charge in [-0.3, -0.25) is 0 Å². The first-order valence-electron chi connectivity index (χ1n) is 7.46. The Hall–Kier alpha value is -1.65. The zero-order valence-corrected chi connectivity index (χ0v) is 12.9. The second kappa shape index (κ2) is 5.86. The third kappa shape index (κ3) is 2.94. The Balaban J connectivity index is 1.63. The van der Waals surface area contributed by atoms with Crippen LogP contribution in [-0.4, -0.2) is 37.1 Å². The van der Waals surface area contributed by atoms with Gasteiger partial charge in [-0.25, -0.2) is 17.1 Å². The second-order valence-electron chi connectivity index (χ2n) is 5.84. The molecular formula is C15H18FN3O2S. The highest BCUT2D eigenvalue weighted by Gasteiger charge is 2.41. The first kappa shape index (κ1) is 15.3. The highest BCUT2D eigenvalue weighted by atomic mass is 32.2. The highest BCUT2D eigenvalue weighted by Crippen LogP contribution is 2.32. The molecule has 1 aliphatic heterocycles. The van der Waals surface area contributed by atoms with Gasteiger partial charge >= 0.3 is 0 Å². The fraction of sp³-hybridized carbons (Fsp3) is 0.533. The van der Waals surface area contributed by atoms with E-state index in [0.717, 1.165) is 12.8 Å². The second-order valence-corrected chi connectivity index (χ2v) is 8.05. The van der Waals surface area contributed by atoms with Gasteiger partial charge in [0.2, 0.25) is 10.0 Å². The van der Waals surface area contributed by atoms with Gasteiger partial charge in [0.25, 0.3) is 0 Å². The van der Waals surface area contributed by atoms with Crippen LogP contribution in [-0.2, 0) is 10.0 Å². The lowest BCUT2D eigenvalue weighted by Crippen LogP contribution is -2.43. The summed E-state index contributed by atoms with van der Waals surface area (Å²) < 4.78 is 39.5. The van der Waals surface area contributed by atoms with Gasteiger partial charge in [0, 0.05) is 19.1 Å². The molecule has 22 heavy (non-hydrogen) atoms. The monoisotopic (exact) mass is 323 g/mol. The van der Waals surface area contributed by atoms with E-state index >= 15 is 0 Å². The summed E-state index contributed by atoms with van der Waals surface area (Å²) in [4.78, 5) is 0. The smallest absolute Gasteiger partial charge is 0.216 e. The lowest BCUT2D eigenvalue weighted by atomic mass is 10.1. The van der Waals surface area contributed by atoms with Gasteiger partial charge in [0.1, 0.15) is 17.4 Å². The van der Waals surface area contributed by atoms with Crippen LogP contribution in [0.4, 0.5) is 10.1 Å². The van der Waals surface area contributed by atoms with Crippen molar-refractivity contribution >= 4 is 15.7 Å². The number of nitrogens with one attached hydrogen (secondary N) is 1. The average molecular weight is 323 g/mol. The number of benzene rings is 1. The minimum Gasteiger partial charge on any atom is -0.381 e. The number of rotatable bonds is 4. The van der Waals surface area contributed by atoms with Crippen molar-refractivity contribution < 1.29 is 12.8 Å². The molecule has 0 unspecified atom stereocenters. The van der Waals surface area contributed by atoms with Crippen molar-refractivity contribution in [1.29, 1.82) is 5.26 Å². The molecule has 3 rings (SSSR count). The minimum absolute atomic E-state index is 0.00975. The molecule has 1 N–H and O–H groups in total. The highest BCUT2D eigenvalue weighted by molar-refractivity contribution is 7.90. The summed E-state index contributed by atoms with van der Waals surface area (Å²) in [5.74, 6) is -0.541. The Morgan fingerprint density at radius 2 is 1.91 bits per heavy atom. The first-order valence-corrected chi connectivity index (χ1v) is 8.97. The lowest BCUT2D eigenvalue weighted by Gasteiger charge is -2.32. The largest absolute Gasteiger partial charge is 0.381 e. The summed E-state index contributed by atoms with van der Waals surface area (Å²) in [5, 5.41) is 12.0. The van der Waals surface area contributed by atoms with Crippen molar-refractivity contribution in [3.8, 4) is 6.07 Å². The molecule has 1 aromatic carbocycles. The molecule has 0 atom stereocenters. The van der Waals surface area contributed by atoms with E-state index in [0.29, 0.717) is 31.6 Å². The zero-order chi connectivity index (χ0) is 15.7. The van der Waals surface area contributed by atoms with E-state index in [4.69, 9.17) is 5.26 Å². The fourth-order valence-corrected chi connectivity index (χ4v) is 4.68. The van der Waals surface area contributed by atoms with E-state index in [1.807, 2.05) is 6.07 Å². The number of hydrogen-bond acceptors (Lipinski definition) is 4. The third-order valence-electron chi connectivity index (χ3n) is 4.24. The molecule has 2 fully saturated rings. The van der Waals surface area contributed by atoms with Gasteiger partial charge < -0.3 is 5.32 Å². The van der Waals surface area contributed by atoms with Crippen LogP contribution in [0.25, 0.3) is 0 Å². The lowest BCUT2D eigenvalue weighted by molar-refractivity contribution is 0.329. The van der Waals surface area contributed by atoms with Crippen molar-refractivity contribution in [2.24, 2.45) is 0 Å². The number of anilines is 1. The molecule has 0 amide bonds. The molecule has 1 aromatic rings. The molecule has 0 radical (unpaired) electrons. The Morgan fingerprint density at radius 1 is 1.23 bits per heavy atom. The maximum atomic E-state index is 13.6. The van der Waals surface area contributed by atoms with Crippen LogP contribution in [0.15, 0.2) is 18.2 Å². The molecule has 1 saturated heterocycles. The molecule has 0 spiro atoms. The Labute approximate surface area is 129 Å².